The lowest BCUT2D eigenvalue weighted by atomic mass is 10.2. The van der Waals surface area contributed by atoms with Crippen LogP contribution >= 0.6 is 0 Å². The quantitative estimate of drug-likeness (QED) is 0.549. The normalized spacial score (nSPS) is 11.8. The van der Waals surface area contributed by atoms with Crippen LogP contribution in [0.15, 0.2) is 18.5 Å². The molecule has 0 aliphatic carbocycles. The maximum Gasteiger partial charge on any atom is 0.326 e. The number of nitrogens with one attached hydrogen (secondary N) is 1. The average Bonchev–Trinajstić information content (AvgIpc) is 2.34. The van der Waals surface area contributed by atoms with Gasteiger partial charge >= 0.3 is 11.7 Å². The number of nitrogens with zero attached hydrogens (tertiary/aromatic N) is 2. The molecule has 0 aliphatic rings. The number of anilines is 1. The lowest BCUT2D eigenvalue weighted by Crippen LogP contribution is -2.30. The van der Waals surface area contributed by atoms with Crippen molar-refractivity contribution in [3.63, 3.8) is 0 Å². The number of hydrogen-bond donors (Lipinski definition) is 2. The van der Waals surface area contributed by atoms with Crippen LogP contribution in [0.2, 0.25) is 0 Å². The van der Waals surface area contributed by atoms with Crippen molar-refractivity contribution in [3.05, 3.63) is 28.6 Å². The van der Waals surface area contributed by atoms with Crippen LogP contribution in [0.3, 0.4) is 0 Å². The van der Waals surface area contributed by atoms with Crippen LogP contribution in [-0.2, 0) is 9.53 Å². The van der Waals surface area contributed by atoms with Crippen LogP contribution in [0.5, 0.6) is 0 Å². The van der Waals surface area contributed by atoms with Crippen molar-refractivity contribution in [2.45, 2.75) is 12.5 Å². The van der Waals surface area contributed by atoms with E-state index in [0.29, 0.717) is 0 Å². The van der Waals surface area contributed by atoms with Gasteiger partial charge in [-0.25, -0.2) is 4.79 Å². The SMILES string of the molecule is COCCC(Nc1ccncc1[N+](=O)[O-])C(=O)O. The number of hydrogen-bond acceptors (Lipinski definition) is 6. The molecule has 8 nitrogen and oxygen atoms in total. The molecule has 1 unspecified atom stereocenters. The van der Waals surface area contributed by atoms with Gasteiger partial charge in [-0.3, -0.25) is 15.1 Å². The standard InChI is InChI=1S/C10H13N3O5/c1-18-5-3-8(10(14)15)12-7-2-4-11-6-9(7)13(16)17/h2,4,6,8H,3,5H2,1H3,(H,11,12)(H,14,15). The number of carbonyl (C=O) groups is 1. The maximum atomic E-state index is 11.0. The molecule has 0 radical (unpaired) electrons. The highest BCUT2D eigenvalue weighted by atomic mass is 16.6. The Balaban J connectivity index is 2.86. The van der Waals surface area contributed by atoms with Gasteiger partial charge in [-0.15, -0.1) is 0 Å². The Morgan fingerprint density at radius 2 is 2.44 bits per heavy atom. The summed E-state index contributed by atoms with van der Waals surface area (Å²) in [5.41, 5.74) is -0.139. The molecule has 8 heteroatoms. The number of carboxylic acids is 1. The zero-order valence-electron chi connectivity index (χ0n) is 9.70. The van der Waals surface area contributed by atoms with Crippen molar-refractivity contribution in [1.82, 2.24) is 4.98 Å². The topological polar surface area (TPSA) is 115 Å². The van der Waals surface area contributed by atoms with Crippen molar-refractivity contribution in [2.24, 2.45) is 0 Å². The highest BCUT2D eigenvalue weighted by Crippen LogP contribution is 2.23. The summed E-state index contributed by atoms with van der Waals surface area (Å²) in [6, 6.07) is 0.409. The summed E-state index contributed by atoms with van der Waals surface area (Å²) >= 11 is 0. The molecule has 0 spiro atoms. The van der Waals surface area contributed by atoms with E-state index in [1.165, 1.54) is 19.4 Å². The molecule has 98 valence electrons. The van der Waals surface area contributed by atoms with E-state index in [9.17, 15) is 14.9 Å². The fourth-order valence-electron chi connectivity index (χ4n) is 1.33. The van der Waals surface area contributed by atoms with E-state index in [-0.39, 0.29) is 24.4 Å². The molecule has 0 fully saturated rings. The van der Waals surface area contributed by atoms with Gasteiger partial charge in [-0.05, 0) is 6.07 Å². The molecule has 0 aliphatic heterocycles. The summed E-state index contributed by atoms with van der Waals surface area (Å²) in [5.74, 6) is -1.10. The summed E-state index contributed by atoms with van der Waals surface area (Å²) in [5, 5.41) is 22.3. The minimum Gasteiger partial charge on any atom is -0.480 e. The van der Waals surface area contributed by atoms with Gasteiger partial charge in [0.25, 0.3) is 0 Å². The third kappa shape index (κ3) is 3.67. The van der Waals surface area contributed by atoms with Gasteiger partial charge in [0.2, 0.25) is 0 Å². The molecule has 0 amide bonds. The third-order valence-corrected chi connectivity index (χ3v) is 2.24. The van der Waals surface area contributed by atoms with E-state index in [4.69, 9.17) is 9.84 Å². The van der Waals surface area contributed by atoms with Crippen LogP contribution in [0.25, 0.3) is 0 Å². The smallest absolute Gasteiger partial charge is 0.326 e. The zero-order chi connectivity index (χ0) is 13.5. The second kappa shape index (κ2) is 6.50. The van der Waals surface area contributed by atoms with Crippen LogP contribution in [0.4, 0.5) is 11.4 Å². The molecule has 1 aromatic rings. The van der Waals surface area contributed by atoms with Gasteiger partial charge in [-0.1, -0.05) is 0 Å². The van der Waals surface area contributed by atoms with Crippen molar-refractivity contribution in [1.29, 1.82) is 0 Å². The minimum atomic E-state index is -1.10. The Kier molecular flexibility index (Phi) is 5.00. The van der Waals surface area contributed by atoms with Gasteiger partial charge < -0.3 is 15.2 Å². The molecule has 1 heterocycles. The van der Waals surface area contributed by atoms with Crippen molar-refractivity contribution >= 4 is 17.3 Å². The molecule has 1 atom stereocenters. The first-order valence-corrected chi connectivity index (χ1v) is 5.13. The number of carboxylic acid groups (broad SMARTS) is 1. The number of pyridine rings is 1. The average molecular weight is 255 g/mol. The summed E-state index contributed by atoms with van der Waals surface area (Å²) in [6.07, 6.45) is 2.62. The fourth-order valence-corrected chi connectivity index (χ4v) is 1.33. The van der Waals surface area contributed by atoms with Crippen molar-refractivity contribution in [3.8, 4) is 0 Å². The summed E-state index contributed by atoms with van der Waals surface area (Å²) in [4.78, 5) is 24.7. The minimum absolute atomic E-state index is 0.124. The third-order valence-electron chi connectivity index (χ3n) is 2.24. The number of ether oxygens (including phenoxy) is 1. The lowest BCUT2D eigenvalue weighted by Gasteiger charge is -2.14. The molecule has 0 aromatic carbocycles. The maximum absolute atomic E-state index is 11.0. The van der Waals surface area contributed by atoms with Crippen LogP contribution in [0, 0.1) is 10.1 Å². The summed E-state index contributed by atoms with van der Waals surface area (Å²) < 4.78 is 4.79. The van der Waals surface area contributed by atoms with E-state index in [1.807, 2.05) is 0 Å². The summed E-state index contributed by atoms with van der Waals surface area (Å²) in [7, 11) is 1.45. The molecule has 1 rings (SSSR count). The van der Waals surface area contributed by atoms with Crippen LogP contribution < -0.4 is 5.32 Å². The van der Waals surface area contributed by atoms with Crippen LogP contribution in [-0.4, -0.2) is 40.7 Å². The van der Waals surface area contributed by atoms with Gasteiger partial charge in [-0.2, -0.15) is 0 Å². The van der Waals surface area contributed by atoms with E-state index < -0.39 is 16.9 Å². The van der Waals surface area contributed by atoms with E-state index >= 15 is 0 Å². The van der Waals surface area contributed by atoms with Crippen LogP contribution in [0.1, 0.15) is 6.42 Å². The Bertz CT molecular complexity index is 437. The highest BCUT2D eigenvalue weighted by Gasteiger charge is 2.21. The monoisotopic (exact) mass is 255 g/mol. The van der Waals surface area contributed by atoms with E-state index in [2.05, 4.69) is 10.3 Å². The van der Waals surface area contributed by atoms with Crippen molar-refractivity contribution < 1.29 is 19.6 Å². The largest absolute Gasteiger partial charge is 0.480 e. The molecule has 2 N–H and O–H groups in total. The summed E-state index contributed by atoms with van der Waals surface area (Å²) in [6.45, 7) is 0.239. The first kappa shape index (κ1) is 13.8. The lowest BCUT2D eigenvalue weighted by molar-refractivity contribution is -0.384. The highest BCUT2D eigenvalue weighted by molar-refractivity contribution is 5.78. The predicted octanol–water partition coefficient (Wildman–Crippen LogP) is 0.891. The van der Waals surface area contributed by atoms with E-state index in [1.54, 1.807) is 0 Å². The fraction of sp³-hybridized carbons (Fsp3) is 0.400. The Labute approximate surface area is 103 Å². The number of aliphatic carboxylic acids is 1. The van der Waals surface area contributed by atoms with Crippen molar-refractivity contribution in [2.75, 3.05) is 19.0 Å². The Morgan fingerprint density at radius 1 is 1.72 bits per heavy atom. The molecular formula is C10H13N3O5. The zero-order valence-corrected chi connectivity index (χ0v) is 9.70. The number of rotatable bonds is 7. The molecule has 0 saturated carbocycles. The number of nitro groups is 1. The molecule has 0 saturated heterocycles. The number of aromatic nitrogens is 1. The first-order valence-electron chi connectivity index (χ1n) is 5.13. The first-order chi connectivity index (χ1) is 8.56. The molecule has 1 aromatic heterocycles. The Morgan fingerprint density at radius 3 is 3.00 bits per heavy atom. The van der Waals surface area contributed by atoms with Gasteiger partial charge in [0, 0.05) is 26.3 Å². The molecule has 18 heavy (non-hydrogen) atoms. The van der Waals surface area contributed by atoms with E-state index in [0.717, 1.165) is 6.20 Å². The predicted molar refractivity (Wildman–Crippen MR) is 62.4 cm³/mol. The van der Waals surface area contributed by atoms with Gasteiger partial charge in [0.05, 0.1) is 4.92 Å². The number of methoxy groups -OCH3 is 1. The van der Waals surface area contributed by atoms with Gasteiger partial charge in [0.15, 0.2) is 0 Å². The molecular weight excluding hydrogens is 242 g/mol. The second-order valence-corrected chi connectivity index (χ2v) is 3.47. The molecule has 0 bridgehead atoms. The second-order valence-electron chi connectivity index (χ2n) is 3.47. The van der Waals surface area contributed by atoms with Gasteiger partial charge in [0.1, 0.15) is 17.9 Å². The Hall–Kier alpha value is -2.22.